The Balaban J connectivity index is 2.17. The van der Waals surface area contributed by atoms with E-state index in [-0.39, 0.29) is 26.4 Å². The quantitative estimate of drug-likeness (QED) is 0.699. The van der Waals surface area contributed by atoms with Gasteiger partial charge in [0.05, 0.1) is 40.9 Å². The lowest BCUT2D eigenvalue weighted by Gasteiger charge is -2.16. The molecule has 0 aliphatic rings. The van der Waals surface area contributed by atoms with Crippen molar-refractivity contribution in [2.24, 2.45) is 0 Å². The van der Waals surface area contributed by atoms with Crippen LogP contribution < -0.4 is 19.5 Å². The van der Waals surface area contributed by atoms with E-state index in [2.05, 4.69) is 10.0 Å². The molecule has 0 radical (unpaired) electrons. The molecule has 0 bridgehead atoms. The van der Waals surface area contributed by atoms with Crippen LogP contribution in [0.15, 0.2) is 41.3 Å². The van der Waals surface area contributed by atoms with Crippen LogP contribution in [0.25, 0.3) is 0 Å². The van der Waals surface area contributed by atoms with Gasteiger partial charge in [-0.25, -0.2) is 8.42 Å². The maximum atomic E-state index is 12.6. The normalized spacial score (nSPS) is 12.3. The Bertz CT molecular complexity index is 950. The molecule has 0 aliphatic carbocycles. The van der Waals surface area contributed by atoms with Gasteiger partial charge in [-0.3, -0.25) is 4.79 Å². The van der Waals surface area contributed by atoms with Crippen LogP contribution in [0, 0.1) is 0 Å². The molecule has 1 atom stereocenters. The molecule has 0 saturated carbocycles. The van der Waals surface area contributed by atoms with Gasteiger partial charge in [-0.1, -0.05) is 29.3 Å². The zero-order valence-corrected chi connectivity index (χ0v) is 17.1. The molecule has 2 rings (SSSR count). The van der Waals surface area contributed by atoms with Crippen molar-refractivity contribution in [3.8, 4) is 11.5 Å². The Hall–Kier alpha value is -2.00. The summed E-state index contributed by atoms with van der Waals surface area (Å²) in [4.78, 5) is 12.3. The molecule has 0 heterocycles. The van der Waals surface area contributed by atoms with Crippen molar-refractivity contribution in [1.82, 2.24) is 4.72 Å². The molecule has 0 spiro atoms. The summed E-state index contributed by atoms with van der Waals surface area (Å²) in [6, 6.07) is 7.79. The number of rotatable bonds is 7. The molecular weight excluding hydrogens is 415 g/mol. The first-order valence-corrected chi connectivity index (χ1v) is 9.92. The van der Waals surface area contributed by atoms with Gasteiger partial charge in [0, 0.05) is 6.07 Å². The van der Waals surface area contributed by atoms with Crippen molar-refractivity contribution in [2.75, 3.05) is 19.5 Å². The van der Waals surface area contributed by atoms with E-state index in [1.54, 1.807) is 18.2 Å². The molecule has 0 aromatic heterocycles. The number of hydrogen-bond acceptors (Lipinski definition) is 5. The third-order valence-electron chi connectivity index (χ3n) is 3.60. The Morgan fingerprint density at radius 3 is 2.37 bits per heavy atom. The number of halogens is 2. The van der Waals surface area contributed by atoms with Crippen LogP contribution >= 0.6 is 23.2 Å². The number of hydrogen-bond donors (Lipinski definition) is 2. The largest absolute Gasteiger partial charge is 0.493 e. The van der Waals surface area contributed by atoms with Crippen molar-refractivity contribution >= 4 is 44.8 Å². The van der Waals surface area contributed by atoms with Crippen molar-refractivity contribution < 1.29 is 22.7 Å². The first-order chi connectivity index (χ1) is 12.7. The van der Waals surface area contributed by atoms with Crippen LogP contribution in [0.1, 0.15) is 6.92 Å². The molecule has 27 heavy (non-hydrogen) atoms. The number of sulfonamides is 1. The van der Waals surface area contributed by atoms with E-state index in [4.69, 9.17) is 32.7 Å². The highest BCUT2D eigenvalue weighted by Gasteiger charge is 2.24. The minimum atomic E-state index is -3.98. The van der Waals surface area contributed by atoms with Crippen LogP contribution in [-0.4, -0.2) is 34.6 Å². The summed E-state index contributed by atoms with van der Waals surface area (Å²) in [6.45, 7) is 1.41. The highest BCUT2D eigenvalue weighted by molar-refractivity contribution is 7.89. The second kappa shape index (κ2) is 8.79. The molecule has 0 saturated heterocycles. The van der Waals surface area contributed by atoms with E-state index < -0.39 is 22.0 Å². The fourth-order valence-electron chi connectivity index (χ4n) is 2.18. The second-order valence-corrected chi connectivity index (χ2v) is 7.95. The van der Waals surface area contributed by atoms with Gasteiger partial charge in [0.15, 0.2) is 11.5 Å². The zero-order valence-electron chi connectivity index (χ0n) is 14.7. The van der Waals surface area contributed by atoms with Gasteiger partial charge < -0.3 is 14.8 Å². The smallest absolute Gasteiger partial charge is 0.242 e. The molecule has 2 N–H and O–H groups in total. The number of amides is 1. The fourth-order valence-corrected chi connectivity index (χ4v) is 3.75. The molecular formula is C17H18Cl2N2O5S. The number of carbonyl (C=O) groups excluding carboxylic acids is 1. The van der Waals surface area contributed by atoms with Crippen LogP contribution in [0.4, 0.5) is 5.69 Å². The molecule has 0 fully saturated rings. The van der Waals surface area contributed by atoms with E-state index in [9.17, 15) is 13.2 Å². The van der Waals surface area contributed by atoms with Crippen LogP contribution in [0.2, 0.25) is 10.0 Å². The summed E-state index contributed by atoms with van der Waals surface area (Å²) >= 11 is 11.9. The summed E-state index contributed by atoms with van der Waals surface area (Å²) in [5.41, 5.74) is 0.284. The van der Waals surface area contributed by atoms with E-state index in [0.717, 1.165) is 0 Å². The highest BCUT2D eigenvalue weighted by Crippen LogP contribution is 2.30. The number of carbonyl (C=O) groups is 1. The van der Waals surface area contributed by atoms with Gasteiger partial charge in [0.1, 0.15) is 0 Å². The summed E-state index contributed by atoms with van der Waals surface area (Å²) in [6.07, 6.45) is 0. The molecule has 1 unspecified atom stereocenters. The third kappa shape index (κ3) is 5.04. The average Bonchev–Trinajstić information content (AvgIpc) is 2.64. The average molecular weight is 433 g/mol. The standard InChI is InChI=1S/C17H18Cl2N2O5S/c1-10(17(22)20-13-6-4-5-12(18)16(13)19)21-27(23,24)11-7-8-14(25-2)15(9-11)26-3/h4-10,21H,1-3H3,(H,20,22). The van der Waals surface area contributed by atoms with E-state index in [0.29, 0.717) is 5.75 Å². The Kier molecular flexibility index (Phi) is 6.94. The summed E-state index contributed by atoms with van der Waals surface area (Å²) in [5, 5.41) is 2.98. The Labute approximate surface area is 167 Å². The molecule has 2 aromatic rings. The lowest BCUT2D eigenvalue weighted by Crippen LogP contribution is -2.41. The Morgan fingerprint density at radius 2 is 1.74 bits per heavy atom. The predicted octanol–water partition coefficient (Wildman–Crippen LogP) is 3.32. The van der Waals surface area contributed by atoms with Gasteiger partial charge >= 0.3 is 0 Å². The predicted molar refractivity (Wildman–Crippen MR) is 104 cm³/mol. The fraction of sp³-hybridized carbons (Fsp3) is 0.235. The molecule has 2 aromatic carbocycles. The maximum Gasteiger partial charge on any atom is 0.242 e. The monoisotopic (exact) mass is 432 g/mol. The van der Waals surface area contributed by atoms with E-state index in [1.807, 2.05) is 0 Å². The van der Waals surface area contributed by atoms with Gasteiger partial charge in [-0.15, -0.1) is 0 Å². The molecule has 146 valence electrons. The molecule has 10 heteroatoms. The van der Waals surface area contributed by atoms with E-state index >= 15 is 0 Å². The van der Waals surface area contributed by atoms with Crippen molar-refractivity contribution in [1.29, 1.82) is 0 Å². The third-order valence-corrected chi connectivity index (χ3v) is 5.96. The van der Waals surface area contributed by atoms with Gasteiger partial charge in [-0.05, 0) is 31.2 Å². The van der Waals surface area contributed by atoms with Gasteiger partial charge in [0.25, 0.3) is 0 Å². The van der Waals surface area contributed by atoms with E-state index in [1.165, 1.54) is 39.3 Å². The number of anilines is 1. The first kappa shape index (κ1) is 21.3. The van der Waals surface area contributed by atoms with Crippen molar-refractivity contribution in [2.45, 2.75) is 17.9 Å². The number of benzene rings is 2. The summed E-state index contributed by atoms with van der Waals surface area (Å²) < 4.78 is 37.6. The number of methoxy groups -OCH3 is 2. The topological polar surface area (TPSA) is 93.7 Å². The molecule has 7 nitrogen and oxygen atoms in total. The number of nitrogens with one attached hydrogen (secondary N) is 2. The maximum absolute atomic E-state index is 12.6. The lowest BCUT2D eigenvalue weighted by molar-refractivity contribution is -0.117. The number of ether oxygens (including phenoxy) is 2. The zero-order chi connectivity index (χ0) is 20.2. The van der Waals surface area contributed by atoms with Crippen LogP contribution in [0.3, 0.4) is 0 Å². The highest BCUT2D eigenvalue weighted by atomic mass is 35.5. The van der Waals surface area contributed by atoms with Crippen LogP contribution in [0.5, 0.6) is 11.5 Å². The van der Waals surface area contributed by atoms with Gasteiger partial charge in [0.2, 0.25) is 15.9 Å². The first-order valence-electron chi connectivity index (χ1n) is 7.69. The van der Waals surface area contributed by atoms with Gasteiger partial charge in [-0.2, -0.15) is 4.72 Å². The minimum Gasteiger partial charge on any atom is -0.493 e. The van der Waals surface area contributed by atoms with Crippen molar-refractivity contribution in [3.63, 3.8) is 0 Å². The second-order valence-electron chi connectivity index (χ2n) is 5.45. The Morgan fingerprint density at radius 1 is 1.07 bits per heavy atom. The lowest BCUT2D eigenvalue weighted by atomic mass is 10.3. The SMILES string of the molecule is COc1ccc(S(=O)(=O)NC(C)C(=O)Nc2cccc(Cl)c2Cl)cc1OC. The molecule has 1 amide bonds. The van der Waals surface area contributed by atoms with Crippen LogP contribution in [-0.2, 0) is 14.8 Å². The summed E-state index contributed by atoms with van der Waals surface area (Å²) in [5.74, 6) is 0.0456. The molecule has 0 aliphatic heterocycles. The van der Waals surface area contributed by atoms with Crippen molar-refractivity contribution in [3.05, 3.63) is 46.4 Å². The summed E-state index contributed by atoms with van der Waals surface area (Å²) in [7, 11) is -1.14. The minimum absolute atomic E-state index is 0.0689.